The number of likely N-dealkylation sites (tertiary alicyclic amines) is 1. The largest absolute Gasteiger partial charge is 0.341 e. The number of rotatable bonds is 6. The quantitative estimate of drug-likeness (QED) is 0.730. The molecule has 0 aromatic carbocycles. The van der Waals surface area contributed by atoms with Crippen molar-refractivity contribution in [3.8, 4) is 0 Å². The molecule has 28 heavy (non-hydrogen) atoms. The van der Waals surface area contributed by atoms with E-state index in [0.717, 1.165) is 12.8 Å². The minimum Gasteiger partial charge on any atom is -0.341 e. The predicted molar refractivity (Wildman–Crippen MR) is 106 cm³/mol. The van der Waals surface area contributed by atoms with Crippen LogP contribution >= 0.6 is 11.3 Å². The Morgan fingerprint density at radius 2 is 1.96 bits per heavy atom. The molecule has 0 aliphatic carbocycles. The lowest BCUT2D eigenvalue weighted by molar-refractivity contribution is -0.139. The first-order valence-electron chi connectivity index (χ1n) is 9.77. The van der Waals surface area contributed by atoms with Gasteiger partial charge in [-0.3, -0.25) is 9.59 Å². The zero-order valence-corrected chi connectivity index (χ0v) is 17.7. The standard InChI is InChI=1S/C17H27N5O4S2/c1-2-11-28(25,26)22-8-4-3-5-14(22)16(24)21-9-6-13(7-10-21)15(23)19-17-20-18-12-27-17/h12-14H,2-11H2,1H3,(H,19,20,23). The Morgan fingerprint density at radius 1 is 1.21 bits per heavy atom. The maximum Gasteiger partial charge on any atom is 0.241 e. The van der Waals surface area contributed by atoms with Crippen molar-refractivity contribution in [1.29, 1.82) is 0 Å². The van der Waals surface area contributed by atoms with Gasteiger partial charge in [-0.2, -0.15) is 4.31 Å². The Kier molecular flexibility index (Phi) is 7.00. The van der Waals surface area contributed by atoms with Gasteiger partial charge in [0, 0.05) is 25.6 Å². The topological polar surface area (TPSA) is 113 Å². The monoisotopic (exact) mass is 429 g/mol. The molecule has 3 heterocycles. The molecule has 9 nitrogen and oxygen atoms in total. The van der Waals surface area contributed by atoms with E-state index in [1.165, 1.54) is 15.6 Å². The lowest BCUT2D eigenvalue weighted by Gasteiger charge is -2.39. The molecule has 2 aliphatic heterocycles. The molecule has 2 saturated heterocycles. The molecule has 156 valence electrons. The van der Waals surface area contributed by atoms with Gasteiger partial charge in [-0.05, 0) is 32.1 Å². The molecule has 0 spiro atoms. The number of amides is 2. The first kappa shape index (κ1) is 21.1. The summed E-state index contributed by atoms with van der Waals surface area (Å²) < 4.78 is 26.5. The molecular formula is C17H27N5O4S2. The summed E-state index contributed by atoms with van der Waals surface area (Å²) in [7, 11) is -3.41. The fraction of sp³-hybridized carbons (Fsp3) is 0.765. The van der Waals surface area contributed by atoms with E-state index in [9.17, 15) is 18.0 Å². The summed E-state index contributed by atoms with van der Waals surface area (Å²) in [4.78, 5) is 27.1. The Hall–Kier alpha value is -1.59. The number of aromatic nitrogens is 2. The van der Waals surface area contributed by atoms with Crippen molar-refractivity contribution in [3.63, 3.8) is 0 Å². The summed E-state index contributed by atoms with van der Waals surface area (Å²) >= 11 is 1.26. The van der Waals surface area contributed by atoms with E-state index in [1.54, 1.807) is 10.4 Å². The fourth-order valence-electron chi connectivity index (χ4n) is 3.87. The zero-order valence-electron chi connectivity index (χ0n) is 16.0. The van der Waals surface area contributed by atoms with Crippen molar-refractivity contribution in [1.82, 2.24) is 19.4 Å². The van der Waals surface area contributed by atoms with Crippen LogP contribution in [0.15, 0.2) is 5.51 Å². The molecule has 1 unspecified atom stereocenters. The van der Waals surface area contributed by atoms with Crippen molar-refractivity contribution >= 4 is 38.3 Å². The molecule has 1 aromatic heterocycles. The molecule has 2 fully saturated rings. The molecule has 0 saturated carbocycles. The maximum absolute atomic E-state index is 13.0. The second-order valence-corrected chi connectivity index (χ2v) is 10.1. The number of hydrogen-bond donors (Lipinski definition) is 1. The second-order valence-electron chi connectivity index (χ2n) is 7.27. The van der Waals surface area contributed by atoms with E-state index in [2.05, 4.69) is 15.5 Å². The van der Waals surface area contributed by atoms with Gasteiger partial charge in [-0.25, -0.2) is 8.42 Å². The number of nitrogens with zero attached hydrogens (tertiary/aromatic N) is 4. The molecule has 0 radical (unpaired) electrons. The summed E-state index contributed by atoms with van der Waals surface area (Å²) in [5.74, 6) is -0.333. The number of anilines is 1. The number of nitrogens with one attached hydrogen (secondary N) is 1. The maximum atomic E-state index is 13.0. The SMILES string of the molecule is CCCS(=O)(=O)N1CCCCC1C(=O)N1CCC(C(=O)Nc2nncs2)CC1. The molecule has 11 heteroatoms. The van der Waals surface area contributed by atoms with Crippen molar-refractivity contribution in [2.45, 2.75) is 51.5 Å². The summed E-state index contributed by atoms with van der Waals surface area (Å²) in [6, 6.07) is -0.600. The number of piperidine rings is 2. The summed E-state index contributed by atoms with van der Waals surface area (Å²) in [5, 5.41) is 10.7. The van der Waals surface area contributed by atoms with Crippen LogP contribution in [-0.4, -0.2) is 71.1 Å². The molecule has 2 aliphatic rings. The summed E-state index contributed by atoms with van der Waals surface area (Å²) in [6.07, 6.45) is 3.87. The Morgan fingerprint density at radius 3 is 2.61 bits per heavy atom. The van der Waals surface area contributed by atoms with Crippen LogP contribution in [0.3, 0.4) is 0 Å². The highest BCUT2D eigenvalue weighted by Crippen LogP contribution is 2.26. The normalized spacial score (nSPS) is 22.2. The van der Waals surface area contributed by atoms with Crippen LogP contribution in [0.2, 0.25) is 0 Å². The van der Waals surface area contributed by atoms with Crippen LogP contribution in [0.4, 0.5) is 5.13 Å². The van der Waals surface area contributed by atoms with Crippen molar-refractivity contribution in [3.05, 3.63) is 5.51 Å². The Bertz CT molecular complexity index is 775. The zero-order chi connectivity index (χ0) is 20.1. The molecule has 2 amide bonds. The third-order valence-electron chi connectivity index (χ3n) is 5.33. The van der Waals surface area contributed by atoms with Crippen LogP contribution in [0.5, 0.6) is 0 Å². The molecule has 1 atom stereocenters. The fourth-order valence-corrected chi connectivity index (χ4v) is 6.06. The van der Waals surface area contributed by atoms with E-state index in [-0.39, 0.29) is 23.5 Å². The van der Waals surface area contributed by atoms with E-state index >= 15 is 0 Å². The highest BCUT2D eigenvalue weighted by Gasteiger charge is 2.39. The third-order valence-corrected chi connectivity index (χ3v) is 8.01. The van der Waals surface area contributed by atoms with Crippen LogP contribution in [0, 0.1) is 5.92 Å². The van der Waals surface area contributed by atoms with Gasteiger partial charge in [0.1, 0.15) is 11.6 Å². The number of hydrogen-bond acceptors (Lipinski definition) is 7. The van der Waals surface area contributed by atoms with Crippen LogP contribution in [0.1, 0.15) is 45.4 Å². The van der Waals surface area contributed by atoms with Crippen molar-refractivity contribution in [2.24, 2.45) is 5.92 Å². The van der Waals surface area contributed by atoms with Crippen molar-refractivity contribution < 1.29 is 18.0 Å². The van der Waals surface area contributed by atoms with Crippen molar-refractivity contribution in [2.75, 3.05) is 30.7 Å². The minimum atomic E-state index is -3.41. The lowest BCUT2D eigenvalue weighted by Crippen LogP contribution is -2.55. The van der Waals surface area contributed by atoms with Crippen LogP contribution in [0.25, 0.3) is 0 Å². The molecule has 3 rings (SSSR count). The molecule has 1 aromatic rings. The van der Waals surface area contributed by atoms with Gasteiger partial charge >= 0.3 is 0 Å². The van der Waals surface area contributed by atoms with Crippen LogP contribution < -0.4 is 5.32 Å². The molecule has 1 N–H and O–H groups in total. The number of sulfonamides is 1. The Balaban J connectivity index is 1.58. The summed E-state index contributed by atoms with van der Waals surface area (Å²) in [6.45, 7) is 3.17. The lowest BCUT2D eigenvalue weighted by atomic mass is 9.94. The van der Waals surface area contributed by atoms with Gasteiger partial charge in [0.2, 0.25) is 27.0 Å². The van der Waals surface area contributed by atoms with Gasteiger partial charge in [-0.1, -0.05) is 24.7 Å². The molecule has 0 bridgehead atoms. The Labute approximate surface area is 169 Å². The van der Waals surface area contributed by atoms with Crippen LogP contribution in [-0.2, 0) is 19.6 Å². The highest BCUT2D eigenvalue weighted by molar-refractivity contribution is 7.89. The van der Waals surface area contributed by atoms with E-state index in [4.69, 9.17) is 0 Å². The second kappa shape index (κ2) is 9.27. The van der Waals surface area contributed by atoms with Gasteiger partial charge in [0.25, 0.3) is 0 Å². The van der Waals surface area contributed by atoms with E-state index in [0.29, 0.717) is 50.4 Å². The average Bonchev–Trinajstić information content (AvgIpc) is 3.20. The highest BCUT2D eigenvalue weighted by atomic mass is 32.2. The predicted octanol–water partition coefficient (Wildman–Crippen LogP) is 1.31. The number of carbonyl (C=O) groups excluding carboxylic acids is 2. The van der Waals surface area contributed by atoms with Gasteiger partial charge < -0.3 is 10.2 Å². The minimum absolute atomic E-state index is 0.0740. The van der Waals surface area contributed by atoms with E-state index < -0.39 is 16.1 Å². The van der Waals surface area contributed by atoms with E-state index in [1.807, 2.05) is 6.92 Å². The third kappa shape index (κ3) is 4.87. The average molecular weight is 430 g/mol. The first-order chi connectivity index (χ1) is 13.4. The first-order valence-corrected chi connectivity index (χ1v) is 12.3. The van der Waals surface area contributed by atoms with Gasteiger partial charge in [0.15, 0.2) is 0 Å². The van der Waals surface area contributed by atoms with Gasteiger partial charge in [-0.15, -0.1) is 10.2 Å². The smallest absolute Gasteiger partial charge is 0.241 e. The number of carbonyl (C=O) groups is 2. The summed E-state index contributed by atoms with van der Waals surface area (Å²) in [5.41, 5.74) is 1.55. The molecular weight excluding hydrogens is 402 g/mol. The van der Waals surface area contributed by atoms with Gasteiger partial charge in [0.05, 0.1) is 5.75 Å².